The number of carboxylic acids is 1. The molecule has 20 heteroatoms. The summed E-state index contributed by atoms with van der Waals surface area (Å²) in [4.78, 5) is 65.0. The lowest BCUT2D eigenvalue weighted by Crippen LogP contribution is -2.38. The highest BCUT2D eigenvalue weighted by Gasteiger charge is 2.30. The Hall–Kier alpha value is -7.17. The number of carboxylic acid groups (broad SMARTS) is 1. The minimum Gasteiger partial charge on any atom is -0.481 e. The van der Waals surface area contributed by atoms with E-state index in [0.29, 0.717) is 86.1 Å². The fraction of sp³-hybridized carbons (Fsp3) is 0.242. The number of carbonyl (C=O) groups excluding carboxylic acids is 4. The Kier molecular flexibility index (Phi) is 19.8. The molecule has 82 heavy (non-hydrogen) atoms. The topological polar surface area (TPSA) is 172 Å². The molecule has 0 saturated carbocycles. The van der Waals surface area contributed by atoms with Crippen molar-refractivity contribution < 1.29 is 29.1 Å². The zero-order chi connectivity index (χ0) is 58.0. The maximum Gasteiger partial charge on any atom is 0.305 e. The van der Waals surface area contributed by atoms with Gasteiger partial charge in [-0.05, 0) is 140 Å². The first-order chi connectivity index (χ1) is 39.5. The highest BCUT2D eigenvalue weighted by atomic mass is 35.5. The van der Waals surface area contributed by atoms with Crippen LogP contribution in [0.25, 0.3) is 22.5 Å². The summed E-state index contributed by atoms with van der Waals surface area (Å²) in [5, 5.41) is 26.9. The fourth-order valence-electron chi connectivity index (χ4n) is 10.2. The van der Waals surface area contributed by atoms with Crippen molar-refractivity contribution in [3.8, 4) is 22.5 Å². The van der Waals surface area contributed by atoms with Gasteiger partial charge in [-0.25, -0.2) is 0 Å². The molecule has 2 aliphatic heterocycles. The Morgan fingerprint density at radius 1 is 0.488 bits per heavy atom. The van der Waals surface area contributed by atoms with Crippen LogP contribution in [0.3, 0.4) is 0 Å². The van der Waals surface area contributed by atoms with E-state index >= 15 is 0 Å². The number of carbonyl (C=O) groups is 5. The number of amides is 4. The molecule has 10 rings (SSSR count). The maximum absolute atomic E-state index is 13.2. The second-order valence-corrected chi connectivity index (χ2v) is 22.7. The second-order valence-electron chi connectivity index (χ2n) is 20.1. The molecule has 0 aliphatic carbocycles. The van der Waals surface area contributed by atoms with Gasteiger partial charge < -0.3 is 25.5 Å². The number of nitrogens with zero attached hydrogens (tertiary/aromatic N) is 6. The Morgan fingerprint density at radius 3 is 1.28 bits per heavy atom. The lowest BCUT2D eigenvalue weighted by atomic mass is 9.92. The highest BCUT2D eigenvalue weighted by Crippen LogP contribution is 2.36. The molecule has 0 radical (unpaired) electrons. The number of rotatable bonds is 15. The molecule has 2 fully saturated rings. The van der Waals surface area contributed by atoms with Gasteiger partial charge in [0, 0.05) is 127 Å². The van der Waals surface area contributed by atoms with E-state index < -0.39 is 5.97 Å². The predicted molar refractivity (Wildman–Crippen MR) is 323 cm³/mol. The average Bonchev–Trinajstić information content (AvgIpc) is 4.29. The van der Waals surface area contributed by atoms with Gasteiger partial charge in [0.25, 0.3) is 23.6 Å². The molecule has 4 heterocycles. The number of likely N-dealkylation sites (tertiary alicyclic amines) is 2. The molecule has 4 amide bonds. The lowest BCUT2D eigenvalue weighted by molar-refractivity contribution is -0.136. The molecule has 2 aliphatic rings. The van der Waals surface area contributed by atoms with Crippen LogP contribution in [-0.4, -0.2) is 104 Å². The third-order valence-electron chi connectivity index (χ3n) is 14.4. The van der Waals surface area contributed by atoms with Crippen LogP contribution in [0.1, 0.15) is 108 Å². The van der Waals surface area contributed by atoms with E-state index in [9.17, 15) is 24.0 Å². The lowest BCUT2D eigenvalue weighted by Gasteiger charge is -2.32. The van der Waals surface area contributed by atoms with Gasteiger partial charge in [-0.3, -0.25) is 33.3 Å². The molecule has 422 valence electrons. The largest absolute Gasteiger partial charge is 0.481 e. The van der Waals surface area contributed by atoms with E-state index in [2.05, 4.69) is 16.7 Å². The SMILES string of the molecule is CNC(=O)c1ccc(Cn2nc(-c3cc(Cl)cc(Cl)c3)cc2C2CCN(C(=O)c3ccccc3)CC2)cc1.O=C(O)CCNC(=O)c1ccc(Cn2nc(-c3cc(Cl)cc(Cl)c3)cc2C2CCN(C(=O)c3cc(Cl)cc(Cl)c3)CC2)cc1. The van der Waals surface area contributed by atoms with E-state index in [4.69, 9.17) is 84.9 Å². The zero-order valence-corrected chi connectivity index (χ0v) is 49.0. The van der Waals surface area contributed by atoms with Gasteiger partial charge in [0.05, 0.1) is 30.9 Å². The third kappa shape index (κ3) is 15.3. The average molecular weight is 1220 g/mol. The van der Waals surface area contributed by atoms with Crippen molar-refractivity contribution in [2.24, 2.45) is 0 Å². The van der Waals surface area contributed by atoms with E-state index in [1.54, 1.807) is 49.5 Å². The summed E-state index contributed by atoms with van der Waals surface area (Å²) in [6.07, 6.45) is 3.01. The number of piperidine rings is 2. The molecule has 0 unspecified atom stereocenters. The van der Waals surface area contributed by atoms with Crippen molar-refractivity contribution >= 4 is 99.2 Å². The van der Waals surface area contributed by atoms with Crippen molar-refractivity contribution in [1.82, 2.24) is 40.0 Å². The standard InChI is InChI=1S/C32H28Cl4N4O4.C30H28Cl2N4O2/c33-24-11-22(12-25(34)15-24)28-17-29(20-6-9-39(10-7-20)32(44)23-13-26(35)16-27(36)14-23)40(38-28)18-19-1-3-21(4-2-19)31(43)37-8-5-30(41)42;1-33-29(37)22-9-7-20(8-10-22)19-36-28(18-27(34-36)24-15-25(31)17-26(32)16-24)21-11-13-35(14-12-21)30(38)23-5-3-2-4-6-23/h1-4,11-17,20H,5-10,18H2,(H,37,43)(H,41,42);2-10,15-18,21H,11-14,19H2,1H3,(H,33,37). The molecule has 2 saturated heterocycles. The molecule has 8 aromatic rings. The van der Waals surface area contributed by atoms with Crippen molar-refractivity contribution in [1.29, 1.82) is 0 Å². The number of aliphatic carboxylic acids is 1. The van der Waals surface area contributed by atoms with Gasteiger partial charge in [0.2, 0.25) is 0 Å². The minimum absolute atomic E-state index is 0.0557. The van der Waals surface area contributed by atoms with E-state index in [1.165, 1.54) is 0 Å². The van der Waals surface area contributed by atoms with Crippen molar-refractivity contribution in [2.45, 2.75) is 57.0 Å². The van der Waals surface area contributed by atoms with Gasteiger partial charge in [-0.15, -0.1) is 0 Å². The van der Waals surface area contributed by atoms with Crippen LogP contribution in [0.5, 0.6) is 0 Å². The summed E-state index contributed by atoms with van der Waals surface area (Å²) in [5.74, 6) is -1.08. The molecule has 0 atom stereocenters. The highest BCUT2D eigenvalue weighted by molar-refractivity contribution is 6.36. The summed E-state index contributed by atoms with van der Waals surface area (Å²) < 4.78 is 3.98. The number of hydrogen-bond donors (Lipinski definition) is 3. The molecule has 14 nitrogen and oxygen atoms in total. The minimum atomic E-state index is -0.974. The van der Waals surface area contributed by atoms with Crippen LogP contribution in [-0.2, 0) is 17.9 Å². The van der Waals surface area contributed by atoms with Gasteiger partial charge >= 0.3 is 5.97 Å². The first kappa shape index (κ1) is 59.5. The zero-order valence-electron chi connectivity index (χ0n) is 44.4. The van der Waals surface area contributed by atoms with Crippen molar-refractivity contribution in [3.05, 3.63) is 220 Å². The first-order valence-corrected chi connectivity index (χ1v) is 28.8. The first-order valence-electron chi connectivity index (χ1n) is 26.5. The van der Waals surface area contributed by atoms with Crippen LogP contribution in [0, 0.1) is 0 Å². The summed E-state index contributed by atoms with van der Waals surface area (Å²) >= 11 is 37.4. The Balaban J connectivity index is 0.000000200. The van der Waals surface area contributed by atoms with Crippen LogP contribution in [0.2, 0.25) is 30.1 Å². The summed E-state index contributed by atoms with van der Waals surface area (Å²) in [6, 6.07) is 43.9. The number of hydrogen-bond acceptors (Lipinski definition) is 7. The third-order valence-corrected chi connectivity index (χ3v) is 15.7. The molecule has 3 N–H and O–H groups in total. The summed E-state index contributed by atoms with van der Waals surface area (Å²) in [5.41, 5.74) is 9.50. The van der Waals surface area contributed by atoms with Gasteiger partial charge in [-0.1, -0.05) is 112 Å². The molecule has 0 bridgehead atoms. The second kappa shape index (κ2) is 27.3. The normalized spacial score (nSPS) is 13.7. The van der Waals surface area contributed by atoms with Crippen LogP contribution in [0.4, 0.5) is 0 Å². The van der Waals surface area contributed by atoms with Crippen LogP contribution >= 0.6 is 69.6 Å². The number of nitrogens with one attached hydrogen (secondary N) is 2. The maximum atomic E-state index is 13.2. The molecular weight excluding hydrogens is 1170 g/mol. The Labute approximate surface area is 504 Å². The quantitative estimate of drug-likeness (QED) is 0.0910. The number of benzene rings is 6. The summed E-state index contributed by atoms with van der Waals surface area (Å²) in [7, 11) is 1.62. The molecular formula is C62H56Cl6N8O6. The predicted octanol–water partition coefficient (Wildman–Crippen LogP) is 13.7. The van der Waals surface area contributed by atoms with Crippen molar-refractivity contribution in [2.75, 3.05) is 39.8 Å². The van der Waals surface area contributed by atoms with Gasteiger partial charge in [-0.2, -0.15) is 10.2 Å². The van der Waals surface area contributed by atoms with Gasteiger partial charge in [0.1, 0.15) is 0 Å². The van der Waals surface area contributed by atoms with Crippen molar-refractivity contribution in [3.63, 3.8) is 0 Å². The smallest absolute Gasteiger partial charge is 0.305 e. The molecule has 0 spiro atoms. The molecule has 6 aromatic carbocycles. The monoisotopic (exact) mass is 1220 g/mol. The van der Waals surface area contributed by atoms with E-state index in [1.807, 2.05) is 116 Å². The van der Waals surface area contributed by atoms with E-state index in [-0.39, 0.29) is 48.4 Å². The number of aromatic nitrogens is 4. The number of halogens is 6. The summed E-state index contributed by atoms with van der Waals surface area (Å²) in [6.45, 7) is 3.54. The van der Waals surface area contributed by atoms with Crippen LogP contribution in [0.15, 0.2) is 146 Å². The Morgan fingerprint density at radius 2 is 0.878 bits per heavy atom. The van der Waals surface area contributed by atoms with Gasteiger partial charge in [0.15, 0.2) is 0 Å². The Bertz CT molecular complexity index is 3550. The van der Waals surface area contributed by atoms with Crippen LogP contribution < -0.4 is 10.6 Å². The molecule has 2 aromatic heterocycles. The fourth-order valence-corrected chi connectivity index (χ4v) is 11.8. The van der Waals surface area contributed by atoms with E-state index in [0.717, 1.165) is 76.3 Å².